The summed E-state index contributed by atoms with van der Waals surface area (Å²) in [6.07, 6.45) is 1.52. The summed E-state index contributed by atoms with van der Waals surface area (Å²) >= 11 is 6.11. The normalized spacial score (nSPS) is 23.2. The Morgan fingerprint density at radius 1 is 1.50 bits per heavy atom. The maximum absolute atomic E-state index is 12.7. The fourth-order valence-electron chi connectivity index (χ4n) is 2.29. The van der Waals surface area contributed by atoms with Gasteiger partial charge >= 0.3 is 0 Å². The number of nitrogens with one attached hydrogen (secondary N) is 1. The molecule has 0 aliphatic carbocycles. The van der Waals surface area contributed by atoms with Gasteiger partial charge in [-0.2, -0.15) is 0 Å². The number of carbonyl (C=O) groups excluding carboxylic acids is 1. The average molecular weight is 297 g/mol. The first-order chi connectivity index (χ1) is 9.41. The van der Waals surface area contributed by atoms with E-state index in [-0.39, 0.29) is 23.9 Å². The van der Waals surface area contributed by atoms with E-state index >= 15 is 0 Å². The smallest absolute Gasteiger partial charge is 0.274 e. The Hall–Kier alpha value is -1.20. The van der Waals surface area contributed by atoms with E-state index in [0.717, 1.165) is 6.54 Å². The van der Waals surface area contributed by atoms with Gasteiger partial charge < -0.3 is 10.2 Å². The molecule has 1 aliphatic heterocycles. The summed E-state index contributed by atoms with van der Waals surface area (Å²) in [7, 11) is 0. The van der Waals surface area contributed by atoms with Crippen molar-refractivity contribution in [3.8, 4) is 0 Å². The zero-order valence-electron chi connectivity index (χ0n) is 12.4. The van der Waals surface area contributed by atoms with Gasteiger partial charge in [0.25, 0.3) is 5.91 Å². The summed E-state index contributed by atoms with van der Waals surface area (Å²) < 4.78 is 0. The quantitative estimate of drug-likeness (QED) is 0.908. The van der Waals surface area contributed by atoms with Gasteiger partial charge in [-0.1, -0.05) is 25.4 Å². The highest BCUT2D eigenvalue weighted by Gasteiger charge is 2.30. The molecule has 2 atom stereocenters. The number of hydrogen-bond donors (Lipinski definition) is 1. The van der Waals surface area contributed by atoms with Gasteiger partial charge in [-0.3, -0.25) is 4.79 Å². The average Bonchev–Trinajstić information content (AvgIpc) is 2.41. The van der Waals surface area contributed by atoms with E-state index in [9.17, 15) is 4.79 Å². The maximum Gasteiger partial charge on any atom is 0.274 e. The topological polar surface area (TPSA) is 58.1 Å². The summed E-state index contributed by atoms with van der Waals surface area (Å²) in [6, 6.07) is 0.377. The van der Waals surface area contributed by atoms with Crippen molar-refractivity contribution in [2.45, 2.75) is 45.7 Å². The van der Waals surface area contributed by atoms with Crippen LogP contribution < -0.4 is 5.32 Å². The standard InChI is InChI=1S/C14H21ClN4O/c1-8(2)13-17-7-11(15)12(18-13)14(20)19-6-5-16-9(3)10(19)4/h7-10,16H,5-6H2,1-4H3. The van der Waals surface area contributed by atoms with Crippen LogP contribution in [0.1, 0.15) is 49.9 Å². The molecular weight excluding hydrogens is 276 g/mol. The third-order valence-corrected chi connectivity index (χ3v) is 4.05. The molecule has 1 fully saturated rings. The minimum absolute atomic E-state index is 0.111. The minimum Gasteiger partial charge on any atom is -0.332 e. The Kier molecular flexibility index (Phi) is 4.60. The first-order valence-corrected chi connectivity index (χ1v) is 7.36. The first kappa shape index (κ1) is 15.2. The lowest BCUT2D eigenvalue weighted by atomic mass is 10.1. The highest BCUT2D eigenvalue weighted by molar-refractivity contribution is 6.33. The van der Waals surface area contributed by atoms with Crippen LogP contribution in [0.4, 0.5) is 0 Å². The van der Waals surface area contributed by atoms with Crippen LogP contribution in [0.15, 0.2) is 6.20 Å². The lowest BCUT2D eigenvalue weighted by Gasteiger charge is -2.38. The molecule has 110 valence electrons. The SMILES string of the molecule is CC(C)c1ncc(Cl)c(C(=O)N2CCNC(C)C2C)n1. The van der Waals surface area contributed by atoms with Gasteiger partial charge in [-0.25, -0.2) is 9.97 Å². The second-order valence-electron chi connectivity index (χ2n) is 5.56. The molecule has 0 bridgehead atoms. The molecule has 1 N–H and O–H groups in total. The molecule has 2 unspecified atom stereocenters. The molecule has 0 aromatic carbocycles. The van der Waals surface area contributed by atoms with Crippen LogP contribution in [0.5, 0.6) is 0 Å². The van der Waals surface area contributed by atoms with Crippen LogP contribution in [0.2, 0.25) is 5.02 Å². The van der Waals surface area contributed by atoms with Crippen LogP contribution in [0.3, 0.4) is 0 Å². The molecule has 1 aliphatic rings. The van der Waals surface area contributed by atoms with Crippen molar-refractivity contribution in [2.75, 3.05) is 13.1 Å². The number of carbonyl (C=O) groups is 1. The third kappa shape index (κ3) is 2.94. The molecule has 1 saturated heterocycles. The predicted octanol–water partition coefficient (Wildman–Crippen LogP) is 2.08. The highest BCUT2D eigenvalue weighted by Crippen LogP contribution is 2.20. The monoisotopic (exact) mass is 296 g/mol. The molecule has 0 spiro atoms. The summed E-state index contributed by atoms with van der Waals surface area (Å²) in [5.74, 6) is 0.701. The predicted molar refractivity (Wildman–Crippen MR) is 79.1 cm³/mol. The fraction of sp³-hybridized carbons (Fsp3) is 0.643. The van der Waals surface area contributed by atoms with E-state index in [4.69, 9.17) is 11.6 Å². The Labute approximate surface area is 124 Å². The second kappa shape index (κ2) is 6.06. The van der Waals surface area contributed by atoms with Crippen molar-refractivity contribution in [3.63, 3.8) is 0 Å². The van der Waals surface area contributed by atoms with Crippen LogP contribution in [0, 0.1) is 0 Å². The van der Waals surface area contributed by atoms with E-state index < -0.39 is 0 Å². The van der Waals surface area contributed by atoms with E-state index in [1.807, 2.05) is 25.7 Å². The van der Waals surface area contributed by atoms with E-state index in [1.165, 1.54) is 6.20 Å². The van der Waals surface area contributed by atoms with Crippen molar-refractivity contribution in [1.29, 1.82) is 0 Å². The Morgan fingerprint density at radius 2 is 2.20 bits per heavy atom. The Morgan fingerprint density at radius 3 is 2.85 bits per heavy atom. The number of rotatable bonds is 2. The Balaban J connectivity index is 2.30. The molecular formula is C14H21ClN4O. The fourth-order valence-corrected chi connectivity index (χ4v) is 2.46. The van der Waals surface area contributed by atoms with Gasteiger partial charge in [0, 0.05) is 31.1 Å². The molecule has 0 saturated carbocycles. The number of aromatic nitrogens is 2. The maximum atomic E-state index is 12.7. The van der Waals surface area contributed by atoms with Crippen molar-refractivity contribution < 1.29 is 4.79 Å². The van der Waals surface area contributed by atoms with Gasteiger partial charge in [0.1, 0.15) is 5.82 Å². The zero-order chi connectivity index (χ0) is 14.9. The molecule has 2 heterocycles. The van der Waals surface area contributed by atoms with Crippen molar-refractivity contribution in [2.24, 2.45) is 0 Å². The molecule has 1 amide bonds. The van der Waals surface area contributed by atoms with Crippen molar-refractivity contribution in [1.82, 2.24) is 20.2 Å². The van der Waals surface area contributed by atoms with Crippen LogP contribution >= 0.6 is 11.6 Å². The van der Waals surface area contributed by atoms with Gasteiger partial charge in [0.2, 0.25) is 0 Å². The molecule has 2 rings (SSSR count). The lowest BCUT2D eigenvalue weighted by molar-refractivity contribution is 0.0596. The molecule has 20 heavy (non-hydrogen) atoms. The minimum atomic E-state index is -0.111. The number of amides is 1. The summed E-state index contributed by atoms with van der Waals surface area (Å²) in [5, 5.41) is 3.67. The molecule has 1 aromatic rings. The molecule has 1 aromatic heterocycles. The van der Waals surface area contributed by atoms with Crippen LogP contribution in [-0.4, -0.2) is 45.9 Å². The summed E-state index contributed by atoms with van der Waals surface area (Å²) in [5.41, 5.74) is 0.311. The second-order valence-corrected chi connectivity index (χ2v) is 5.97. The van der Waals surface area contributed by atoms with Crippen LogP contribution in [0.25, 0.3) is 0 Å². The molecule has 6 heteroatoms. The van der Waals surface area contributed by atoms with E-state index in [0.29, 0.717) is 23.1 Å². The summed E-state index contributed by atoms with van der Waals surface area (Å²) in [6.45, 7) is 9.55. The van der Waals surface area contributed by atoms with Crippen molar-refractivity contribution in [3.05, 3.63) is 22.7 Å². The summed E-state index contributed by atoms with van der Waals surface area (Å²) in [4.78, 5) is 23.0. The number of hydrogen-bond acceptors (Lipinski definition) is 4. The lowest BCUT2D eigenvalue weighted by Crippen LogP contribution is -2.57. The van der Waals surface area contributed by atoms with Gasteiger partial charge in [0.05, 0.1) is 11.2 Å². The molecule has 0 radical (unpaired) electrons. The van der Waals surface area contributed by atoms with Crippen LogP contribution in [-0.2, 0) is 0 Å². The van der Waals surface area contributed by atoms with E-state index in [2.05, 4.69) is 22.2 Å². The van der Waals surface area contributed by atoms with Gasteiger partial charge in [-0.05, 0) is 13.8 Å². The number of piperazine rings is 1. The number of halogens is 1. The van der Waals surface area contributed by atoms with Gasteiger partial charge in [0.15, 0.2) is 5.69 Å². The zero-order valence-corrected chi connectivity index (χ0v) is 13.1. The molecule has 5 nitrogen and oxygen atoms in total. The van der Waals surface area contributed by atoms with E-state index in [1.54, 1.807) is 0 Å². The van der Waals surface area contributed by atoms with Crippen molar-refractivity contribution >= 4 is 17.5 Å². The third-order valence-electron chi connectivity index (χ3n) is 3.78. The highest BCUT2D eigenvalue weighted by atomic mass is 35.5. The first-order valence-electron chi connectivity index (χ1n) is 6.98. The Bertz CT molecular complexity index is 506. The largest absolute Gasteiger partial charge is 0.332 e. The number of nitrogens with zero attached hydrogens (tertiary/aromatic N) is 3. The van der Waals surface area contributed by atoms with Gasteiger partial charge in [-0.15, -0.1) is 0 Å².